The van der Waals surface area contributed by atoms with Crippen LogP contribution in [0.3, 0.4) is 0 Å². The Labute approximate surface area is 90.2 Å². The fourth-order valence-corrected chi connectivity index (χ4v) is 2.17. The minimum Gasteiger partial charge on any atom is -0.465 e. The van der Waals surface area contributed by atoms with E-state index >= 15 is 0 Å². The fraction of sp³-hybridized carbons (Fsp3) is 0.818. The smallest absolute Gasteiger partial charge is 0.318 e. The quantitative estimate of drug-likeness (QED) is 0.549. The van der Waals surface area contributed by atoms with Crippen molar-refractivity contribution in [2.24, 2.45) is 23.5 Å². The molecule has 4 nitrogen and oxygen atoms in total. The normalized spacial score (nSPS) is 26.5. The van der Waals surface area contributed by atoms with Crippen molar-refractivity contribution < 1.29 is 14.3 Å². The van der Waals surface area contributed by atoms with Crippen LogP contribution >= 0.6 is 0 Å². The highest BCUT2D eigenvalue weighted by Crippen LogP contribution is 2.37. The molecule has 0 radical (unpaired) electrons. The molecular formula is C11H19NO3. The van der Waals surface area contributed by atoms with E-state index in [9.17, 15) is 9.59 Å². The van der Waals surface area contributed by atoms with Crippen LogP contribution in [-0.4, -0.2) is 18.5 Å². The lowest BCUT2D eigenvalue weighted by atomic mass is 9.72. The van der Waals surface area contributed by atoms with E-state index < -0.39 is 17.8 Å². The van der Waals surface area contributed by atoms with Gasteiger partial charge in [-0.05, 0) is 38.0 Å². The molecule has 4 heteroatoms. The Balaban J connectivity index is 2.44. The van der Waals surface area contributed by atoms with Gasteiger partial charge in [-0.1, -0.05) is 6.92 Å². The first-order valence-corrected chi connectivity index (χ1v) is 5.50. The molecule has 0 aliphatic heterocycles. The third-order valence-electron chi connectivity index (χ3n) is 2.95. The molecule has 15 heavy (non-hydrogen) atoms. The van der Waals surface area contributed by atoms with E-state index in [1.165, 1.54) is 0 Å². The summed E-state index contributed by atoms with van der Waals surface area (Å²) >= 11 is 0. The number of hydrogen-bond acceptors (Lipinski definition) is 3. The summed E-state index contributed by atoms with van der Waals surface area (Å²) in [6.07, 6.45) is 2.73. The zero-order valence-corrected chi connectivity index (χ0v) is 9.36. The monoisotopic (exact) mass is 213 g/mol. The van der Waals surface area contributed by atoms with Gasteiger partial charge in [-0.2, -0.15) is 0 Å². The van der Waals surface area contributed by atoms with E-state index in [1.54, 1.807) is 6.92 Å². The van der Waals surface area contributed by atoms with E-state index in [2.05, 4.69) is 6.92 Å². The van der Waals surface area contributed by atoms with Crippen molar-refractivity contribution in [2.75, 3.05) is 6.61 Å². The molecular weight excluding hydrogens is 194 g/mol. The molecule has 0 unspecified atom stereocenters. The van der Waals surface area contributed by atoms with Gasteiger partial charge in [0, 0.05) is 0 Å². The zero-order valence-electron chi connectivity index (χ0n) is 9.36. The predicted molar refractivity (Wildman–Crippen MR) is 55.8 cm³/mol. The summed E-state index contributed by atoms with van der Waals surface area (Å²) in [5.41, 5.74) is 5.19. The van der Waals surface area contributed by atoms with Crippen LogP contribution < -0.4 is 5.73 Å². The average molecular weight is 213 g/mol. The second kappa shape index (κ2) is 5.14. The fourth-order valence-electron chi connectivity index (χ4n) is 2.17. The minimum atomic E-state index is -0.748. The predicted octanol–water partition coefficient (Wildman–Crippen LogP) is 1.09. The number of rotatable bonds is 5. The number of hydrogen-bond donors (Lipinski definition) is 1. The lowest BCUT2D eigenvalue weighted by molar-refractivity contribution is -0.152. The summed E-state index contributed by atoms with van der Waals surface area (Å²) in [4.78, 5) is 22.5. The van der Waals surface area contributed by atoms with Crippen LogP contribution in [0.1, 0.15) is 33.1 Å². The molecule has 0 aromatic carbocycles. The molecule has 1 rings (SSSR count). The Bertz CT molecular complexity index is 246. The van der Waals surface area contributed by atoms with Crippen molar-refractivity contribution in [2.45, 2.75) is 33.1 Å². The molecule has 2 N–H and O–H groups in total. The molecule has 1 aliphatic rings. The molecule has 1 saturated carbocycles. The maximum atomic E-state index is 11.4. The van der Waals surface area contributed by atoms with Gasteiger partial charge in [0.2, 0.25) is 5.91 Å². The van der Waals surface area contributed by atoms with Crippen LogP contribution in [0.5, 0.6) is 0 Å². The maximum Gasteiger partial charge on any atom is 0.318 e. The molecule has 0 aromatic rings. The van der Waals surface area contributed by atoms with Crippen molar-refractivity contribution >= 4 is 11.9 Å². The summed E-state index contributed by atoms with van der Waals surface area (Å²) in [5, 5.41) is 0. The zero-order chi connectivity index (χ0) is 11.4. The molecule has 86 valence electrons. The Morgan fingerprint density at radius 1 is 1.47 bits per heavy atom. The van der Waals surface area contributed by atoms with Gasteiger partial charge >= 0.3 is 5.97 Å². The van der Waals surface area contributed by atoms with E-state index in [-0.39, 0.29) is 0 Å². The van der Waals surface area contributed by atoms with Gasteiger partial charge in [0.25, 0.3) is 0 Å². The highest BCUT2D eigenvalue weighted by Gasteiger charge is 2.34. The standard InChI is InChI=1S/C11H19NO3/c1-3-15-11(14)9(10(12)13)6-8-4-7(2)5-8/h7-9H,3-6H2,1-2H3,(H2,12,13)/t7?,8?,9-/m1/s1. The molecule has 1 atom stereocenters. The molecule has 1 amide bonds. The first-order chi connectivity index (χ1) is 7.04. The van der Waals surface area contributed by atoms with Crippen LogP contribution in [0.2, 0.25) is 0 Å². The molecule has 0 heterocycles. The average Bonchev–Trinajstić information content (AvgIpc) is 2.10. The van der Waals surface area contributed by atoms with Gasteiger partial charge in [-0.3, -0.25) is 9.59 Å². The van der Waals surface area contributed by atoms with Crippen molar-refractivity contribution in [3.63, 3.8) is 0 Å². The second-order valence-corrected chi connectivity index (χ2v) is 4.39. The van der Waals surface area contributed by atoms with E-state index in [4.69, 9.17) is 10.5 Å². The summed E-state index contributed by atoms with van der Waals surface area (Å²) in [5.74, 6) is -0.604. The summed E-state index contributed by atoms with van der Waals surface area (Å²) < 4.78 is 4.82. The van der Waals surface area contributed by atoms with Crippen molar-refractivity contribution in [3.8, 4) is 0 Å². The molecule has 1 fully saturated rings. The van der Waals surface area contributed by atoms with Gasteiger partial charge in [0.1, 0.15) is 5.92 Å². The first kappa shape index (κ1) is 12.0. The van der Waals surface area contributed by atoms with Crippen molar-refractivity contribution in [1.29, 1.82) is 0 Å². The summed E-state index contributed by atoms with van der Waals surface area (Å²) in [6, 6.07) is 0. The number of primary amides is 1. The molecule has 1 aliphatic carbocycles. The third kappa shape index (κ3) is 3.22. The second-order valence-electron chi connectivity index (χ2n) is 4.39. The van der Waals surface area contributed by atoms with E-state index in [0.717, 1.165) is 12.8 Å². The largest absolute Gasteiger partial charge is 0.465 e. The van der Waals surface area contributed by atoms with Crippen LogP contribution in [0, 0.1) is 17.8 Å². The van der Waals surface area contributed by atoms with Crippen LogP contribution in [0.4, 0.5) is 0 Å². The van der Waals surface area contributed by atoms with Gasteiger partial charge in [-0.25, -0.2) is 0 Å². The van der Waals surface area contributed by atoms with Crippen LogP contribution in [0.25, 0.3) is 0 Å². The number of ether oxygens (including phenoxy) is 1. The molecule has 0 bridgehead atoms. The number of carbonyl (C=O) groups is 2. The maximum absolute atomic E-state index is 11.4. The molecule has 0 aromatic heterocycles. The lowest BCUT2D eigenvalue weighted by Crippen LogP contribution is -2.36. The molecule has 0 saturated heterocycles. The topological polar surface area (TPSA) is 69.4 Å². The minimum absolute atomic E-state index is 0.295. The SMILES string of the molecule is CCOC(=O)[C@H](CC1CC(C)C1)C(N)=O. The van der Waals surface area contributed by atoms with Gasteiger partial charge in [0.15, 0.2) is 0 Å². The van der Waals surface area contributed by atoms with Gasteiger partial charge in [0.05, 0.1) is 6.61 Å². The third-order valence-corrected chi connectivity index (χ3v) is 2.95. The van der Waals surface area contributed by atoms with Crippen LogP contribution in [-0.2, 0) is 14.3 Å². The number of carbonyl (C=O) groups excluding carboxylic acids is 2. The van der Waals surface area contributed by atoms with Crippen molar-refractivity contribution in [1.82, 2.24) is 0 Å². The first-order valence-electron chi connectivity index (χ1n) is 5.50. The van der Waals surface area contributed by atoms with E-state index in [0.29, 0.717) is 24.9 Å². The highest BCUT2D eigenvalue weighted by molar-refractivity contribution is 5.96. The summed E-state index contributed by atoms with van der Waals surface area (Å²) in [7, 11) is 0. The number of esters is 1. The lowest BCUT2D eigenvalue weighted by Gasteiger charge is -2.34. The number of nitrogens with two attached hydrogens (primary N) is 1. The highest BCUT2D eigenvalue weighted by atomic mass is 16.5. The molecule has 0 spiro atoms. The van der Waals surface area contributed by atoms with Crippen LogP contribution in [0.15, 0.2) is 0 Å². The van der Waals surface area contributed by atoms with Gasteiger partial charge < -0.3 is 10.5 Å². The van der Waals surface area contributed by atoms with Crippen molar-refractivity contribution in [3.05, 3.63) is 0 Å². The van der Waals surface area contributed by atoms with Gasteiger partial charge in [-0.15, -0.1) is 0 Å². The van der Waals surface area contributed by atoms with E-state index in [1.807, 2.05) is 0 Å². The number of amides is 1. The Kier molecular flexibility index (Phi) is 4.12. The Hall–Kier alpha value is -1.06. The Morgan fingerprint density at radius 2 is 2.07 bits per heavy atom. The Morgan fingerprint density at radius 3 is 2.47 bits per heavy atom. The summed E-state index contributed by atoms with van der Waals surface area (Å²) in [6.45, 7) is 4.19.